The van der Waals surface area contributed by atoms with Gasteiger partial charge >= 0.3 is 13.8 Å². The van der Waals surface area contributed by atoms with Gasteiger partial charge in [0.1, 0.15) is 23.9 Å². The molecule has 0 aliphatic carbocycles. The van der Waals surface area contributed by atoms with Gasteiger partial charge in [0.2, 0.25) is 0 Å². The van der Waals surface area contributed by atoms with E-state index in [0.29, 0.717) is 30.1 Å². The summed E-state index contributed by atoms with van der Waals surface area (Å²) in [5, 5.41) is 11.1. The molecule has 0 radical (unpaired) electrons. The first-order chi connectivity index (χ1) is 22.8. The number of esters is 1. The minimum absolute atomic E-state index is 0.120. The first-order valence-electron chi connectivity index (χ1n) is 17.7. The van der Waals surface area contributed by atoms with E-state index in [1.165, 1.54) is 0 Å². The molecule has 50 heavy (non-hydrogen) atoms. The molecule has 3 aromatic rings. The number of benzene rings is 3. The molecular formula is C42H59O7P. The largest absolute Gasteiger partial charge is 0.587 e. The topological polar surface area (TPSA) is 91.3 Å². The summed E-state index contributed by atoms with van der Waals surface area (Å²) in [4.78, 5) is 12.9. The lowest BCUT2D eigenvalue weighted by Gasteiger charge is -2.32. The number of fused-ring (bicyclic) bond motifs is 2. The van der Waals surface area contributed by atoms with E-state index in [-0.39, 0.29) is 41.3 Å². The van der Waals surface area contributed by atoms with Crippen LogP contribution in [0.2, 0.25) is 0 Å². The Morgan fingerprint density at radius 1 is 0.680 bits per heavy atom. The van der Waals surface area contributed by atoms with Gasteiger partial charge in [0.15, 0.2) is 0 Å². The number of phenolic OH excluding ortho intramolecular Hbond substituents is 1. The number of aryl methyl sites for hydroxylation is 3. The van der Waals surface area contributed by atoms with Crippen molar-refractivity contribution in [3.05, 3.63) is 86.5 Å². The molecule has 1 N–H and O–H groups in total. The second kappa shape index (κ2) is 14.0. The van der Waals surface area contributed by atoms with E-state index in [9.17, 15) is 14.5 Å². The van der Waals surface area contributed by atoms with Crippen LogP contribution in [0.1, 0.15) is 140 Å². The Bertz CT molecular complexity index is 1680. The number of phosphoric ester groups is 1. The number of ether oxygens (including phenoxy) is 1. The lowest BCUT2D eigenvalue weighted by atomic mass is 9.78. The summed E-state index contributed by atoms with van der Waals surface area (Å²) in [5.41, 5.74) is 7.34. The summed E-state index contributed by atoms with van der Waals surface area (Å²) >= 11 is 0. The number of hydrogen-bond acceptors (Lipinski definition) is 7. The highest BCUT2D eigenvalue weighted by atomic mass is 31.2. The quantitative estimate of drug-likeness (QED) is 0.149. The number of phosphoric acid groups is 1. The zero-order chi connectivity index (χ0) is 37.6. The third-order valence-corrected chi connectivity index (χ3v) is 10.3. The van der Waals surface area contributed by atoms with Gasteiger partial charge in [-0.25, -0.2) is 4.57 Å². The van der Waals surface area contributed by atoms with Crippen LogP contribution < -0.4 is 9.05 Å². The van der Waals surface area contributed by atoms with Crippen LogP contribution in [-0.4, -0.2) is 24.3 Å². The maximum absolute atomic E-state index is 14.6. The second-order valence-electron chi connectivity index (χ2n) is 18.0. The summed E-state index contributed by atoms with van der Waals surface area (Å²) in [6.07, 6.45) is 1.15. The molecule has 0 fully saturated rings. The molecule has 0 saturated carbocycles. The molecular weight excluding hydrogens is 647 g/mol. The highest BCUT2D eigenvalue weighted by Crippen LogP contribution is 2.56. The maximum atomic E-state index is 14.6. The van der Waals surface area contributed by atoms with Crippen LogP contribution in [0.5, 0.6) is 17.2 Å². The van der Waals surface area contributed by atoms with Crippen LogP contribution in [0, 0.1) is 13.8 Å². The number of aromatic hydroxyl groups is 1. The average Bonchev–Trinajstić information content (AvgIpc) is 2.94. The fourth-order valence-electron chi connectivity index (χ4n) is 6.39. The van der Waals surface area contributed by atoms with Crippen LogP contribution in [-0.2, 0) is 53.1 Å². The first kappa shape index (κ1) is 39.5. The Hall–Kier alpha value is -3.28. The Morgan fingerprint density at radius 2 is 1.10 bits per heavy atom. The van der Waals surface area contributed by atoms with E-state index >= 15 is 0 Å². The Balaban J connectivity index is 1.56. The molecule has 7 nitrogen and oxygen atoms in total. The van der Waals surface area contributed by atoms with Gasteiger partial charge in [-0.1, -0.05) is 131 Å². The van der Waals surface area contributed by atoms with Gasteiger partial charge in [0.25, 0.3) is 0 Å². The Morgan fingerprint density at radius 3 is 1.50 bits per heavy atom. The molecule has 0 amide bonds. The van der Waals surface area contributed by atoms with E-state index in [2.05, 4.69) is 121 Å². The van der Waals surface area contributed by atoms with Gasteiger partial charge in [-0.2, -0.15) is 0 Å². The van der Waals surface area contributed by atoms with Crippen molar-refractivity contribution in [2.75, 3.05) is 13.2 Å². The molecule has 0 aromatic heterocycles. The molecule has 0 unspecified atom stereocenters. The molecule has 4 rings (SSSR count). The molecule has 1 aliphatic rings. The lowest BCUT2D eigenvalue weighted by Crippen LogP contribution is -2.21. The van der Waals surface area contributed by atoms with Crippen molar-refractivity contribution in [3.8, 4) is 17.2 Å². The van der Waals surface area contributed by atoms with Gasteiger partial charge in [0.05, 0.1) is 6.61 Å². The van der Waals surface area contributed by atoms with E-state index in [1.54, 1.807) is 0 Å². The van der Waals surface area contributed by atoms with Crippen molar-refractivity contribution in [1.82, 2.24) is 0 Å². The molecule has 274 valence electrons. The standard InChI is InChI=1S/C42H59O7P/c1-26-19-29-25-30-20-27(2)22-34(42(12,13)14)38(30)49-50(45,48-37(29)33(21-26)41(9,10)11)47-18-17-46-35(43)16-15-28-23-31(39(3,4)5)36(44)32(24-28)40(6,7)8/h19-24,44H,15-18,25H2,1-14H3. The molecule has 0 bridgehead atoms. The van der Waals surface area contributed by atoms with Crippen LogP contribution in [0.4, 0.5) is 0 Å². The molecule has 0 saturated heterocycles. The summed E-state index contributed by atoms with van der Waals surface area (Å²) in [7, 11) is -4.26. The number of carbonyl (C=O) groups is 1. The maximum Gasteiger partial charge on any atom is 0.587 e. The Kier molecular flexibility index (Phi) is 11.1. The van der Waals surface area contributed by atoms with E-state index in [4.69, 9.17) is 18.3 Å². The second-order valence-corrected chi connectivity index (χ2v) is 19.5. The van der Waals surface area contributed by atoms with Gasteiger partial charge in [0, 0.05) is 24.0 Å². The average molecular weight is 707 g/mol. The van der Waals surface area contributed by atoms with Crippen LogP contribution in [0.15, 0.2) is 36.4 Å². The van der Waals surface area contributed by atoms with Crippen molar-refractivity contribution in [1.29, 1.82) is 0 Å². The van der Waals surface area contributed by atoms with Gasteiger partial charge in [-0.05, 0) is 69.7 Å². The third-order valence-electron chi connectivity index (χ3n) is 9.02. The molecule has 3 aromatic carbocycles. The van der Waals surface area contributed by atoms with Crippen molar-refractivity contribution in [2.45, 2.75) is 138 Å². The minimum atomic E-state index is -4.26. The van der Waals surface area contributed by atoms with E-state index in [0.717, 1.165) is 50.1 Å². The summed E-state index contributed by atoms with van der Waals surface area (Å²) in [5.74, 6) is 0.916. The fourth-order valence-corrected chi connectivity index (χ4v) is 7.71. The summed E-state index contributed by atoms with van der Waals surface area (Å²) in [6, 6.07) is 12.2. The van der Waals surface area contributed by atoms with E-state index < -0.39 is 13.8 Å². The monoisotopic (exact) mass is 706 g/mol. The smallest absolute Gasteiger partial charge is 0.507 e. The van der Waals surface area contributed by atoms with Crippen molar-refractivity contribution < 1.29 is 32.8 Å². The predicted molar refractivity (Wildman–Crippen MR) is 202 cm³/mol. The molecule has 1 heterocycles. The summed E-state index contributed by atoms with van der Waals surface area (Å²) < 4.78 is 38.8. The zero-order valence-corrected chi connectivity index (χ0v) is 33.7. The lowest BCUT2D eigenvalue weighted by molar-refractivity contribution is -0.144. The molecule has 1 aliphatic heterocycles. The van der Waals surface area contributed by atoms with Gasteiger partial charge in [-0.15, -0.1) is 0 Å². The normalized spacial score (nSPS) is 14.8. The number of carbonyl (C=O) groups excluding carboxylic acids is 1. The van der Waals surface area contributed by atoms with Crippen molar-refractivity contribution in [3.63, 3.8) is 0 Å². The van der Waals surface area contributed by atoms with Gasteiger partial charge < -0.3 is 18.9 Å². The highest BCUT2D eigenvalue weighted by molar-refractivity contribution is 7.49. The third kappa shape index (κ3) is 9.33. The SMILES string of the molecule is Cc1cc2c(c(C(C)(C)C)c1)OP(=O)(OCCOC(=O)CCc1cc(C(C)(C)C)c(O)c(C(C)(C)C)c1)Oc1c(cc(C)cc1C(C)(C)C)C2. The predicted octanol–water partition coefficient (Wildman–Crippen LogP) is 10.9. The Labute approximate surface area is 300 Å². The van der Waals surface area contributed by atoms with Gasteiger partial charge in [-0.3, -0.25) is 9.32 Å². The minimum Gasteiger partial charge on any atom is -0.507 e. The highest BCUT2D eigenvalue weighted by Gasteiger charge is 2.39. The van der Waals surface area contributed by atoms with Crippen molar-refractivity contribution in [2.24, 2.45) is 0 Å². The number of rotatable bonds is 7. The van der Waals surface area contributed by atoms with Crippen molar-refractivity contribution >= 4 is 13.8 Å². The van der Waals surface area contributed by atoms with Crippen LogP contribution in [0.3, 0.4) is 0 Å². The molecule has 8 heteroatoms. The molecule has 0 spiro atoms. The van der Waals surface area contributed by atoms with Crippen LogP contribution in [0.25, 0.3) is 0 Å². The zero-order valence-electron chi connectivity index (χ0n) is 32.8. The summed E-state index contributed by atoms with van der Waals surface area (Å²) in [6.45, 7) is 28.8. The fraction of sp³-hybridized carbons (Fsp3) is 0.548. The number of phenols is 1. The first-order valence-corrected chi connectivity index (χ1v) is 19.2. The van der Waals surface area contributed by atoms with Crippen LogP contribution >= 0.6 is 7.82 Å². The number of hydrogen-bond donors (Lipinski definition) is 1. The van der Waals surface area contributed by atoms with E-state index in [1.807, 2.05) is 12.1 Å². The molecule has 0 atom stereocenters.